The van der Waals surface area contributed by atoms with E-state index in [-0.39, 0.29) is 29.6 Å². The predicted molar refractivity (Wildman–Crippen MR) is 58.6 cm³/mol. The Hall–Kier alpha value is 0.830. The fourth-order valence-electron chi connectivity index (χ4n) is 0.939. The molecule has 0 aromatic rings. The molecule has 0 fully saturated rings. The van der Waals surface area contributed by atoms with E-state index in [2.05, 4.69) is 4.18 Å². The van der Waals surface area contributed by atoms with Crippen LogP contribution in [0, 0.1) is 0 Å². The molecule has 0 bridgehead atoms. The summed E-state index contributed by atoms with van der Waals surface area (Å²) >= 11 is 0. The Morgan fingerprint density at radius 3 is 2.29 bits per heavy atom. The van der Waals surface area contributed by atoms with Gasteiger partial charge in [-0.25, -0.2) is 0 Å². The van der Waals surface area contributed by atoms with Gasteiger partial charge >= 0.3 is 29.6 Å². The van der Waals surface area contributed by atoms with Crippen molar-refractivity contribution in [3.05, 3.63) is 0 Å². The van der Waals surface area contributed by atoms with E-state index in [1.807, 2.05) is 0 Å². The third-order valence-electron chi connectivity index (χ3n) is 1.49. The molecule has 0 amide bonds. The van der Waals surface area contributed by atoms with E-state index in [9.17, 15) is 8.42 Å². The molecule has 0 spiro atoms. The second kappa shape index (κ2) is 9.08. The van der Waals surface area contributed by atoms with Crippen molar-refractivity contribution in [1.82, 2.24) is 0 Å². The van der Waals surface area contributed by atoms with Gasteiger partial charge in [-0.15, -0.1) is 0 Å². The Kier molecular flexibility index (Phi) is 11.2. The van der Waals surface area contributed by atoms with Gasteiger partial charge in [0.15, 0.2) is 0 Å². The van der Waals surface area contributed by atoms with Crippen molar-refractivity contribution in [1.29, 1.82) is 0 Å². The SMILES string of the molecule is CS(=O)(=O)OC(N)CCCCCN.[NaH]. The van der Waals surface area contributed by atoms with Crippen LogP contribution in [0.15, 0.2) is 0 Å². The van der Waals surface area contributed by atoms with Crippen LogP contribution in [0.2, 0.25) is 0 Å². The van der Waals surface area contributed by atoms with E-state index in [0.717, 1.165) is 25.5 Å². The fourth-order valence-corrected chi connectivity index (χ4v) is 1.48. The molecule has 0 aliphatic rings. The molecule has 0 aromatic carbocycles. The van der Waals surface area contributed by atoms with Crippen LogP contribution in [0.3, 0.4) is 0 Å². The Balaban J connectivity index is 0. The average molecular weight is 234 g/mol. The van der Waals surface area contributed by atoms with Crippen LogP contribution in [0.4, 0.5) is 0 Å². The summed E-state index contributed by atoms with van der Waals surface area (Å²) < 4.78 is 25.8. The Morgan fingerprint density at radius 2 is 1.86 bits per heavy atom. The van der Waals surface area contributed by atoms with Crippen LogP contribution < -0.4 is 11.5 Å². The van der Waals surface area contributed by atoms with E-state index >= 15 is 0 Å². The van der Waals surface area contributed by atoms with Crippen molar-refractivity contribution in [2.75, 3.05) is 12.8 Å². The normalized spacial score (nSPS) is 13.4. The monoisotopic (exact) mass is 234 g/mol. The minimum atomic E-state index is -3.42. The van der Waals surface area contributed by atoms with Gasteiger partial charge in [0.2, 0.25) is 0 Å². The van der Waals surface area contributed by atoms with Gasteiger partial charge in [0, 0.05) is 0 Å². The molecule has 0 aromatic heterocycles. The van der Waals surface area contributed by atoms with Gasteiger partial charge in [0.25, 0.3) is 10.1 Å². The van der Waals surface area contributed by atoms with Gasteiger partial charge in [0.1, 0.15) is 6.23 Å². The van der Waals surface area contributed by atoms with Gasteiger partial charge < -0.3 is 11.5 Å². The van der Waals surface area contributed by atoms with Crippen LogP contribution in [-0.4, -0.2) is 57.0 Å². The molecule has 0 aliphatic carbocycles. The first-order valence-corrected chi connectivity index (χ1v) is 6.11. The van der Waals surface area contributed by atoms with E-state index in [0.29, 0.717) is 13.0 Å². The molecule has 0 rings (SSSR count). The maximum atomic E-state index is 10.6. The van der Waals surface area contributed by atoms with Crippen LogP contribution in [0.5, 0.6) is 0 Å². The first-order valence-electron chi connectivity index (χ1n) is 4.29. The Bertz CT molecular complexity index is 221. The molecule has 82 valence electrons. The molecular formula is C7H19N2NaO3S. The van der Waals surface area contributed by atoms with Crippen LogP contribution in [0.25, 0.3) is 0 Å². The Morgan fingerprint density at radius 1 is 1.29 bits per heavy atom. The molecule has 1 unspecified atom stereocenters. The second-order valence-electron chi connectivity index (χ2n) is 2.98. The first-order chi connectivity index (χ1) is 5.95. The first kappa shape index (κ1) is 17.2. The van der Waals surface area contributed by atoms with E-state index in [1.54, 1.807) is 0 Å². The van der Waals surface area contributed by atoms with Crippen LogP contribution in [0.1, 0.15) is 25.7 Å². The van der Waals surface area contributed by atoms with Crippen molar-refractivity contribution < 1.29 is 12.6 Å². The van der Waals surface area contributed by atoms with E-state index in [1.165, 1.54) is 0 Å². The standard InChI is InChI=1S/C7H18N2O3S.Na.H/c1-13(10,11)12-7(9)5-3-2-4-6-8;;/h7H,2-6,8-9H2,1H3;;. The molecule has 1 atom stereocenters. The van der Waals surface area contributed by atoms with Crippen LogP contribution >= 0.6 is 0 Å². The summed E-state index contributed by atoms with van der Waals surface area (Å²) in [7, 11) is -3.42. The minimum absolute atomic E-state index is 0. The Labute approximate surface area is 108 Å². The van der Waals surface area contributed by atoms with Crippen molar-refractivity contribution >= 4 is 39.7 Å². The van der Waals surface area contributed by atoms with Gasteiger partial charge in [0.05, 0.1) is 6.26 Å². The zero-order valence-electron chi connectivity index (χ0n) is 7.90. The summed E-state index contributed by atoms with van der Waals surface area (Å²) in [6.07, 6.45) is 3.56. The molecule has 5 nitrogen and oxygen atoms in total. The third kappa shape index (κ3) is 12.8. The number of hydrogen-bond donors (Lipinski definition) is 2. The summed E-state index contributed by atoms with van der Waals surface area (Å²) in [6.45, 7) is 0.655. The maximum absolute atomic E-state index is 10.6. The van der Waals surface area contributed by atoms with Gasteiger partial charge in [-0.3, -0.25) is 4.18 Å². The topological polar surface area (TPSA) is 95.4 Å². The van der Waals surface area contributed by atoms with Crippen molar-refractivity contribution in [2.24, 2.45) is 11.5 Å². The quantitative estimate of drug-likeness (QED) is 0.258. The third-order valence-corrected chi connectivity index (χ3v) is 2.09. The number of nitrogens with two attached hydrogens (primary N) is 2. The number of unbranched alkanes of at least 4 members (excludes halogenated alkanes) is 2. The van der Waals surface area contributed by atoms with Crippen molar-refractivity contribution in [3.63, 3.8) is 0 Å². The molecule has 0 aliphatic heterocycles. The summed E-state index contributed by atoms with van der Waals surface area (Å²) in [4.78, 5) is 0. The van der Waals surface area contributed by atoms with Gasteiger partial charge in [-0.05, 0) is 25.8 Å². The van der Waals surface area contributed by atoms with E-state index in [4.69, 9.17) is 11.5 Å². The zero-order valence-corrected chi connectivity index (χ0v) is 8.72. The molecule has 14 heavy (non-hydrogen) atoms. The molecular weight excluding hydrogens is 215 g/mol. The molecule has 0 saturated carbocycles. The summed E-state index contributed by atoms with van der Waals surface area (Å²) in [5.41, 5.74) is 10.7. The average Bonchev–Trinajstić information content (AvgIpc) is 1.94. The van der Waals surface area contributed by atoms with Gasteiger partial charge in [-0.1, -0.05) is 6.42 Å². The zero-order chi connectivity index (χ0) is 10.3. The molecule has 0 heterocycles. The second-order valence-corrected chi connectivity index (χ2v) is 4.58. The number of hydrogen-bond acceptors (Lipinski definition) is 5. The molecule has 4 N–H and O–H groups in total. The van der Waals surface area contributed by atoms with Crippen molar-refractivity contribution in [3.8, 4) is 0 Å². The fraction of sp³-hybridized carbons (Fsp3) is 1.00. The molecule has 7 heteroatoms. The summed E-state index contributed by atoms with van der Waals surface area (Å²) in [6, 6.07) is 0. The summed E-state index contributed by atoms with van der Waals surface area (Å²) in [5, 5.41) is 0. The van der Waals surface area contributed by atoms with Crippen LogP contribution in [-0.2, 0) is 14.3 Å². The molecule has 0 radical (unpaired) electrons. The summed E-state index contributed by atoms with van der Waals surface area (Å²) in [5.74, 6) is 0. The predicted octanol–water partition coefficient (Wildman–Crippen LogP) is -0.882. The van der Waals surface area contributed by atoms with Gasteiger partial charge in [-0.2, -0.15) is 8.42 Å². The number of rotatable bonds is 7. The molecule has 0 saturated heterocycles. The van der Waals surface area contributed by atoms with Crippen molar-refractivity contribution in [2.45, 2.75) is 31.9 Å². The van der Waals surface area contributed by atoms with E-state index < -0.39 is 16.3 Å².